The minimum Gasteiger partial charge on any atom is -0.309 e. The Labute approximate surface area is 317 Å². The van der Waals surface area contributed by atoms with E-state index in [1.807, 2.05) is 18.2 Å². The molecule has 0 N–H and O–H groups in total. The van der Waals surface area contributed by atoms with Crippen LogP contribution in [0.5, 0.6) is 0 Å². The first-order valence-electron chi connectivity index (χ1n) is 18.6. The summed E-state index contributed by atoms with van der Waals surface area (Å²) in [7, 11) is 0. The van der Waals surface area contributed by atoms with E-state index in [4.69, 9.17) is 9.97 Å². The summed E-state index contributed by atoms with van der Waals surface area (Å²) >= 11 is 0. The minimum atomic E-state index is 0.626. The molecule has 8 aromatic carbocycles. The normalized spacial score (nSPS) is 11.6. The Morgan fingerprint density at radius 1 is 0.382 bits per heavy atom. The molecule has 0 aliphatic rings. The predicted molar refractivity (Wildman–Crippen MR) is 228 cm³/mol. The van der Waals surface area contributed by atoms with Gasteiger partial charge in [-0.2, -0.15) is 0 Å². The van der Waals surface area contributed by atoms with E-state index in [1.165, 1.54) is 49.3 Å². The summed E-state index contributed by atoms with van der Waals surface area (Å²) in [4.78, 5) is 15.1. The molecule has 11 rings (SSSR count). The van der Waals surface area contributed by atoms with Crippen LogP contribution in [0.4, 0.5) is 0 Å². The fraction of sp³-hybridized carbons (Fsp3) is 0. The highest BCUT2D eigenvalue weighted by molar-refractivity contribution is 6.19. The molecule has 0 radical (unpaired) electrons. The molecule has 0 aliphatic heterocycles. The van der Waals surface area contributed by atoms with Gasteiger partial charge in [-0.3, -0.25) is 0 Å². The van der Waals surface area contributed by atoms with Crippen molar-refractivity contribution in [3.05, 3.63) is 194 Å². The monoisotopic (exact) mass is 700 g/mol. The number of aromatic nitrogens is 4. The maximum absolute atomic E-state index is 5.29. The largest absolute Gasteiger partial charge is 0.309 e. The lowest BCUT2D eigenvalue weighted by Gasteiger charge is -2.16. The molecule has 0 aliphatic carbocycles. The van der Waals surface area contributed by atoms with E-state index in [9.17, 15) is 0 Å². The topological polar surface area (TPSA) is 43.6 Å². The van der Waals surface area contributed by atoms with E-state index in [0.717, 1.165) is 50.1 Å². The van der Waals surface area contributed by atoms with Crippen molar-refractivity contribution in [2.45, 2.75) is 0 Å². The lowest BCUT2D eigenvalue weighted by atomic mass is 9.96. The molecule has 0 bridgehead atoms. The van der Waals surface area contributed by atoms with Crippen LogP contribution in [-0.4, -0.2) is 19.5 Å². The first-order chi connectivity index (χ1) is 27.3. The van der Waals surface area contributed by atoms with Gasteiger partial charge in [0.2, 0.25) is 0 Å². The molecule has 4 heteroatoms. The van der Waals surface area contributed by atoms with E-state index in [2.05, 4.69) is 179 Å². The van der Waals surface area contributed by atoms with Gasteiger partial charge in [0, 0.05) is 33.5 Å². The van der Waals surface area contributed by atoms with Crippen molar-refractivity contribution in [3.8, 4) is 50.5 Å². The number of rotatable bonds is 5. The van der Waals surface area contributed by atoms with Crippen LogP contribution in [0.1, 0.15) is 0 Å². The van der Waals surface area contributed by atoms with Gasteiger partial charge >= 0.3 is 0 Å². The second-order valence-corrected chi connectivity index (χ2v) is 14.0. The molecule has 4 nitrogen and oxygen atoms in total. The van der Waals surface area contributed by atoms with E-state index >= 15 is 0 Å². The number of nitrogens with zero attached hydrogens (tertiary/aromatic N) is 4. The van der Waals surface area contributed by atoms with Crippen molar-refractivity contribution < 1.29 is 0 Å². The highest BCUT2D eigenvalue weighted by Gasteiger charge is 2.21. The molecule has 0 saturated heterocycles. The van der Waals surface area contributed by atoms with Gasteiger partial charge < -0.3 is 4.57 Å². The summed E-state index contributed by atoms with van der Waals surface area (Å²) < 4.78 is 2.45. The Bertz CT molecular complexity index is 3240. The van der Waals surface area contributed by atoms with E-state index in [1.54, 1.807) is 6.20 Å². The van der Waals surface area contributed by atoms with Crippen LogP contribution in [0.3, 0.4) is 0 Å². The molecule has 256 valence electrons. The van der Waals surface area contributed by atoms with Crippen LogP contribution in [0, 0.1) is 0 Å². The van der Waals surface area contributed by atoms with E-state index in [0.29, 0.717) is 5.65 Å². The molecular formula is C51H32N4. The Kier molecular flexibility index (Phi) is 7.14. The summed E-state index contributed by atoms with van der Waals surface area (Å²) in [5.74, 6) is 0. The number of fused-ring (bicyclic) bond motifs is 6. The zero-order chi connectivity index (χ0) is 36.3. The summed E-state index contributed by atoms with van der Waals surface area (Å²) in [6.07, 6.45) is 1.78. The van der Waals surface area contributed by atoms with Gasteiger partial charge in [-0.25, -0.2) is 15.0 Å². The molecule has 0 atom stereocenters. The smallest absolute Gasteiger partial charge is 0.178 e. The molecule has 0 spiro atoms. The molecule has 0 amide bonds. The van der Waals surface area contributed by atoms with Gasteiger partial charge in [0.15, 0.2) is 5.65 Å². The second kappa shape index (κ2) is 12.6. The van der Waals surface area contributed by atoms with Crippen LogP contribution in [0.25, 0.3) is 105 Å². The van der Waals surface area contributed by atoms with Crippen LogP contribution in [0.15, 0.2) is 194 Å². The summed E-state index contributed by atoms with van der Waals surface area (Å²) in [6, 6.07) is 67.0. The predicted octanol–water partition coefficient (Wildman–Crippen LogP) is 13.1. The van der Waals surface area contributed by atoms with Crippen molar-refractivity contribution in [1.29, 1.82) is 0 Å². The van der Waals surface area contributed by atoms with E-state index < -0.39 is 0 Å². The van der Waals surface area contributed by atoms with Crippen molar-refractivity contribution in [3.63, 3.8) is 0 Å². The van der Waals surface area contributed by atoms with Gasteiger partial charge in [-0.05, 0) is 74.8 Å². The summed E-state index contributed by atoms with van der Waals surface area (Å²) in [6.45, 7) is 0. The second-order valence-electron chi connectivity index (χ2n) is 14.0. The molecule has 3 heterocycles. The maximum Gasteiger partial charge on any atom is 0.178 e. The average Bonchev–Trinajstić information content (AvgIpc) is 3.58. The molecule has 3 aromatic heterocycles. The third kappa shape index (κ3) is 5.11. The lowest BCUT2D eigenvalue weighted by Crippen LogP contribution is -1.99. The average molecular weight is 701 g/mol. The van der Waals surface area contributed by atoms with E-state index in [-0.39, 0.29) is 0 Å². The van der Waals surface area contributed by atoms with Crippen LogP contribution in [0.2, 0.25) is 0 Å². The lowest BCUT2D eigenvalue weighted by molar-refractivity contribution is 1.20. The summed E-state index contributed by atoms with van der Waals surface area (Å²) in [5, 5.41) is 7.16. The first kappa shape index (κ1) is 31.1. The highest BCUT2D eigenvalue weighted by atomic mass is 15.0. The van der Waals surface area contributed by atoms with Gasteiger partial charge in [-0.15, -0.1) is 0 Å². The molecular weight excluding hydrogens is 669 g/mol. The third-order valence-electron chi connectivity index (χ3n) is 10.8. The Morgan fingerprint density at radius 2 is 1.04 bits per heavy atom. The zero-order valence-corrected chi connectivity index (χ0v) is 29.8. The minimum absolute atomic E-state index is 0.626. The fourth-order valence-corrected chi connectivity index (χ4v) is 8.30. The summed E-state index contributed by atoms with van der Waals surface area (Å²) in [5.41, 5.74) is 13.2. The van der Waals surface area contributed by atoms with Crippen molar-refractivity contribution in [1.82, 2.24) is 19.5 Å². The molecule has 0 fully saturated rings. The quantitative estimate of drug-likeness (QED) is 0.179. The number of hydrogen-bond donors (Lipinski definition) is 0. The molecule has 0 saturated carbocycles. The van der Waals surface area contributed by atoms with Crippen molar-refractivity contribution in [2.75, 3.05) is 0 Å². The van der Waals surface area contributed by atoms with Gasteiger partial charge in [-0.1, -0.05) is 152 Å². The Balaban J connectivity index is 1.17. The molecule has 55 heavy (non-hydrogen) atoms. The van der Waals surface area contributed by atoms with Crippen LogP contribution < -0.4 is 0 Å². The Hall–Kier alpha value is -7.43. The van der Waals surface area contributed by atoms with Crippen molar-refractivity contribution >= 4 is 54.5 Å². The Morgan fingerprint density at radius 3 is 1.85 bits per heavy atom. The fourth-order valence-electron chi connectivity index (χ4n) is 8.30. The van der Waals surface area contributed by atoms with Gasteiger partial charge in [0.1, 0.15) is 5.52 Å². The van der Waals surface area contributed by atoms with Crippen LogP contribution >= 0.6 is 0 Å². The van der Waals surface area contributed by atoms with Crippen LogP contribution in [-0.2, 0) is 0 Å². The van der Waals surface area contributed by atoms with Crippen molar-refractivity contribution in [2.24, 2.45) is 0 Å². The number of pyridine rings is 1. The first-order valence-corrected chi connectivity index (χ1v) is 18.6. The third-order valence-corrected chi connectivity index (χ3v) is 10.8. The molecule has 0 unspecified atom stereocenters. The standard InChI is InChI=1S/C51H32N4/c1-3-13-33(14-4-1)34-26-28-36(29-27-34)49-50(53-44-23-12-30-52-51(44)54-49)42-22-9-21-41-40(42)20-11-24-45(41)55-46-25-10-19-39(35-15-5-2-6-16-35)48(46)43-31-37-17-7-8-18-38(37)32-47(43)55/h1-32H. The van der Waals surface area contributed by atoms with Gasteiger partial charge in [0.25, 0.3) is 0 Å². The maximum atomic E-state index is 5.29. The highest BCUT2D eigenvalue weighted by Crippen LogP contribution is 2.43. The van der Waals surface area contributed by atoms with Gasteiger partial charge in [0.05, 0.1) is 28.1 Å². The number of hydrogen-bond acceptors (Lipinski definition) is 3. The molecule has 11 aromatic rings. The number of benzene rings is 8. The SMILES string of the molecule is c1ccc(-c2ccc(-c3nc4ncccc4nc3-c3cccc4c(-n5c6cc7ccccc7cc6c6c(-c7ccccc7)cccc65)cccc34)cc2)cc1. The zero-order valence-electron chi connectivity index (χ0n) is 29.8.